The van der Waals surface area contributed by atoms with E-state index in [0.717, 1.165) is 37.0 Å². The number of hydrogen-bond acceptors (Lipinski definition) is 1. The molecule has 1 aliphatic rings. The summed E-state index contributed by atoms with van der Waals surface area (Å²) in [4.78, 5) is 18.0. The second-order valence-electron chi connectivity index (χ2n) is 6.19. The average Bonchev–Trinajstić information content (AvgIpc) is 3.17. The van der Waals surface area contributed by atoms with Gasteiger partial charge >= 0.3 is 0 Å². The lowest BCUT2D eigenvalue weighted by atomic mass is 9.98. The lowest BCUT2D eigenvalue weighted by Gasteiger charge is -2.16. The number of rotatable bonds is 4. The molecule has 1 atom stereocenters. The first-order chi connectivity index (χ1) is 11.3. The van der Waals surface area contributed by atoms with Gasteiger partial charge < -0.3 is 9.88 Å². The monoisotopic (exact) mass is 304 g/mol. The second kappa shape index (κ2) is 5.92. The van der Waals surface area contributed by atoms with Crippen LogP contribution in [-0.2, 0) is 11.2 Å². The van der Waals surface area contributed by atoms with Gasteiger partial charge in [0, 0.05) is 30.2 Å². The standard InChI is InChI=1S/C20H20N2O/c23-20-18(15-6-2-1-3-7-15)11-13-22(20)12-10-16-14-21-19-9-5-4-8-17(16)19/h1-9,14,18,21H,10-13H2. The van der Waals surface area contributed by atoms with Crippen LogP contribution in [0.4, 0.5) is 0 Å². The summed E-state index contributed by atoms with van der Waals surface area (Å²) >= 11 is 0. The fourth-order valence-electron chi connectivity index (χ4n) is 3.55. The molecule has 0 aliphatic carbocycles. The van der Waals surface area contributed by atoms with Gasteiger partial charge in [0.2, 0.25) is 5.91 Å². The first-order valence-corrected chi connectivity index (χ1v) is 8.21. The summed E-state index contributed by atoms with van der Waals surface area (Å²) in [5.74, 6) is 0.315. The fraction of sp³-hybridized carbons (Fsp3) is 0.250. The summed E-state index contributed by atoms with van der Waals surface area (Å²) in [5, 5.41) is 1.26. The molecule has 0 radical (unpaired) electrons. The molecule has 2 aromatic carbocycles. The average molecular weight is 304 g/mol. The Morgan fingerprint density at radius 2 is 1.83 bits per heavy atom. The van der Waals surface area contributed by atoms with Crippen molar-refractivity contribution < 1.29 is 4.79 Å². The first-order valence-electron chi connectivity index (χ1n) is 8.21. The van der Waals surface area contributed by atoms with E-state index in [9.17, 15) is 4.79 Å². The highest BCUT2D eigenvalue weighted by Gasteiger charge is 2.32. The van der Waals surface area contributed by atoms with Crippen LogP contribution in [0, 0.1) is 0 Å². The number of carbonyl (C=O) groups is 1. The maximum atomic E-state index is 12.6. The zero-order valence-corrected chi connectivity index (χ0v) is 13.0. The predicted molar refractivity (Wildman–Crippen MR) is 92.4 cm³/mol. The van der Waals surface area contributed by atoms with Crippen molar-refractivity contribution in [3.63, 3.8) is 0 Å². The Morgan fingerprint density at radius 1 is 1.04 bits per heavy atom. The third-order valence-corrected chi connectivity index (χ3v) is 4.83. The number of carbonyl (C=O) groups excluding carboxylic acids is 1. The van der Waals surface area contributed by atoms with Crippen LogP contribution in [0.5, 0.6) is 0 Å². The number of nitrogens with one attached hydrogen (secondary N) is 1. The number of likely N-dealkylation sites (tertiary alicyclic amines) is 1. The van der Waals surface area contributed by atoms with Gasteiger partial charge in [-0.3, -0.25) is 4.79 Å². The van der Waals surface area contributed by atoms with Gasteiger partial charge in [-0.25, -0.2) is 0 Å². The fourth-order valence-corrected chi connectivity index (χ4v) is 3.55. The quantitative estimate of drug-likeness (QED) is 0.783. The summed E-state index contributed by atoms with van der Waals surface area (Å²) < 4.78 is 0. The maximum absolute atomic E-state index is 12.6. The van der Waals surface area contributed by atoms with Crippen molar-refractivity contribution in [2.75, 3.05) is 13.1 Å². The van der Waals surface area contributed by atoms with Gasteiger partial charge in [0.1, 0.15) is 0 Å². The van der Waals surface area contributed by atoms with Crippen LogP contribution >= 0.6 is 0 Å². The molecule has 1 aliphatic heterocycles. The maximum Gasteiger partial charge on any atom is 0.230 e. The molecule has 0 saturated carbocycles. The van der Waals surface area contributed by atoms with E-state index in [2.05, 4.69) is 41.5 Å². The number of hydrogen-bond donors (Lipinski definition) is 1. The van der Waals surface area contributed by atoms with Gasteiger partial charge in [-0.05, 0) is 30.0 Å². The number of fused-ring (bicyclic) bond motifs is 1. The molecule has 1 amide bonds. The largest absolute Gasteiger partial charge is 0.361 e. The van der Waals surface area contributed by atoms with Crippen LogP contribution in [-0.4, -0.2) is 28.9 Å². The second-order valence-corrected chi connectivity index (χ2v) is 6.19. The Bertz CT molecular complexity index is 822. The lowest BCUT2D eigenvalue weighted by molar-refractivity contribution is -0.128. The SMILES string of the molecule is O=C1C(c2ccccc2)CCN1CCc1c[nH]c2ccccc12. The summed E-state index contributed by atoms with van der Waals surface area (Å²) in [6.45, 7) is 1.66. The zero-order chi connectivity index (χ0) is 15.6. The number of nitrogens with zero attached hydrogens (tertiary/aromatic N) is 1. The third kappa shape index (κ3) is 2.63. The van der Waals surface area contributed by atoms with Gasteiger partial charge in [-0.1, -0.05) is 48.5 Å². The Morgan fingerprint density at radius 3 is 2.70 bits per heavy atom. The van der Waals surface area contributed by atoms with Gasteiger partial charge in [0.25, 0.3) is 0 Å². The summed E-state index contributed by atoms with van der Waals surface area (Å²) in [6.07, 6.45) is 3.90. The minimum Gasteiger partial charge on any atom is -0.361 e. The number of benzene rings is 2. The van der Waals surface area contributed by atoms with Crippen molar-refractivity contribution in [1.29, 1.82) is 0 Å². The molecule has 4 rings (SSSR count). The van der Waals surface area contributed by atoms with Crippen LogP contribution in [0.1, 0.15) is 23.5 Å². The predicted octanol–water partition coefficient (Wildman–Crippen LogP) is 3.73. The van der Waals surface area contributed by atoms with Crippen molar-refractivity contribution in [1.82, 2.24) is 9.88 Å². The molecule has 1 fully saturated rings. The molecule has 23 heavy (non-hydrogen) atoms. The van der Waals surface area contributed by atoms with Crippen LogP contribution in [0.3, 0.4) is 0 Å². The van der Waals surface area contributed by atoms with E-state index in [4.69, 9.17) is 0 Å². The van der Waals surface area contributed by atoms with Crippen molar-refractivity contribution in [2.45, 2.75) is 18.8 Å². The Kier molecular flexibility index (Phi) is 3.62. The summed E-state index contributed by atoms with van der Waals surface area (Å²) in [6, 6.07) is 18.5. The molecule has 3 nitrogen and oxygen atoms in total. The van der Waals surface area contributed by atoms with E-state index < -0.39 is 0 Å². The third-order valence-electron chi connectivity index (χ3n) is 4.83. The highest BCUT2D eigenvalue weighted by Crippen LogP contribution is 2.29. The molecular formula is C20H20N2O. The molecule has 0 bridgehead atoms. The number of para-hydroxylation sites is 1. The number of aromatic nitrogens is 1. The molecule has 1 N–H and O–H groups in total. The van der Waals surface area contributed by atoms with Crippen LogP contribution < -0.4 is 0 Å². The Balaban J connectivity index is 1.45. The molecule has 1 saturated heterocycles. The van der Waals surface area contributed by atoms with Crippen molar-refractivity contribution in [3.8, 4) is 0 Å². The highest BCUT2D eigenvalue weighted by molar-refractivity contribution is 5.86. The molecule has 1 aromatic heterocycles. The van der Waals surface area contributed by atoms with E-state index >= 15 is 0 Å². The molecule has 1 unspecified atom stereocenters. The zero-order valence-electron chi connectivity index (χ0n) is 13.0. The Hall–Kier alpha value is -2.55. The number of amides is 1. The van der Waals surface area contributed by atoms with Crippen LogP contribution in [0.15, 0.2) is 60.8 Å². The van der Waals surface area contributed by atoms with Crippen molar-refractivity contribution in [3.05, 3.63) is 71.9 Å². The lowest BCUT2D eigenvalue weighted by Crippen LogP contribution is -2.28. The molecular weight excluding hydrogens is 284 g/mol. The normalized spacial score (nSPS) is 18.0. The van der Waals surface area contributed by atoms with Gasteiger partial charge in [-0.2, -0.15) is 0 Å². The molecule has 116 valence electrons. The van der Waals surface area contributed by atoms with E-state index in [-0.39, 0.29) is 11.8 Å². The van der Waals surface area contributed by atoms with E-state index in [1.165, 1.54) is 10.9 Å². The van der Waals surface area contributed by atoms with E-state index in [1.54, 1.807) is 0 Å². The highest BCUT2D eigenvalue weighted by atomic mass is 16.2. The molecule has 2 heterocycles. The summed E-state index contributed by atoms with van der Waals surface area (Å²) in [5.41, 5.74) is 3.60. The minimum absolute atomic E-state index is 0.0409. The first kappa shape index (κ1) is 14.1. The molecule has 3 heteroatoms. The Labute approximate surface area is 135 Å². The van der Waals surface area contributed by atoms with Gasteiger partial charge in [0.15, 0.2) is 0 Å². The number of aromatic amines is 1. The molecule has 0 spiro atoms. The number of H-pyrrole nitrogens is 1. The van der Waals surface area contributed by atoms with Gasteiger partial charge in [0.05, 0.1) is 5.92 Å². The summed E-state index contributed by atoms with van der Waals surface area (Å²) in [7, 11) is 0. The minimum atomic E-state index is 0.0409. The van der Waals surface area contributed by atoms with Crippen LogP contribution in [0.25, 0.3) is 10.9 Å². The van der Waals surface area contributed by atoms with E-state index in [1.807, 2.05) is 29.2 Å². The topological polar surface area (TPSA) is 36.1 Å². The van der Waals surface area contributed by atoms with Crippen molar-refractivity contribution >= 4 is 16.8 Å². The molecule has 3 aromatic rings. The van der Waals surface area contributed by atoms with Crippen LogP contribution in [0.2, 0.25) is 0 Å². The van der Waals surface area contributed by atoms with Gasteiger partial charge in [-0.15, -0.1) is 0 Å². The smallest absolute Gasteiger partial charge is 0.230 e. The van der Waals surface area contributed by atoms with E-state index in [0.29, 0.717) is 0 Å². The van der Waals surface area contributed by atoms with Crippen molar-refractivity contribution in [2.24, 2.45) is 0 Å².